The van der Waals surface area contributed by atoms with E-state index in [1.165, 1.54) is 16.2 Å². The fraction of sp³-hybridized carbons (Fsp3) is 0.538. The van der Waals surface area contributed by atoms with Gasteiger partial charge in [0.05, 0.1) is 28.9 Å². The van der Waals surface area contributed by atoms with Crippen LogP contribution in [0, 0.1) is 6.92 Å². The predicted molar refractivity (Wildman–Crippen MR) is 81.0 cm³/mol. The van der Waals surface area contributed by atoms with Crippen molar-refractivity contribution in [2.45, 2.75) is 26.3 Å². The largest absolute Gasteiger partial charge is 0.397 e. The van der Waals surface area contributed by atoms with Crippen LogP contribution in [0.25, 0.3) is 10.2 Å². The van der Waals surface area contributed by atoms with E-state index in [2.05, 4.69) is 5.10 Å². The number of thiophene rings is 1. The van der Waals surface area contributed by atoms with Crippen LogP contribution in [0.4, 0.5) is 5.69 Å². The lowest BCUT2D eigenvalue weighted by atomic mass is 10.0. The van der Waals surface area contributed by atoms with Gasteiger partial charge in [-0.2, -0.15) is 5.10 Å². The normalized spacial score (nSPS) is 12.1. The van der Waals surface area contributed by atoms with E-state index in [1.807, 2.05) is 14.0 Å². The first kappa shape index (κ1) is 14.8. The quantitative estimate of drug-likeness (QED) is 0.896. The molecular weight excluding hydrogens is 276 g/mol. The van der Waals surface area contributed by atoms with Gasteiger partial charge in [0.25, 0.3) is 5.91 Å². The van der Waals surface area contributed by atoms with Crippen LogP contribution in [0.5, 0.6) is 0 Å². The molecule has 0 spiro atoms. The van der Waals surface area contributed by atoms with E-state index in [0.717, 1.165) is 15.9 Å². The summed E-state index contributed by atoms with van der Waals surface area (Å²) >= 11 is 1.34. The summed E-state index contributed by atoms with van der Waals surface area (Å²) in [6.45, 7) is 5.38. The van der Waals surface area contributed by atoms with Gasteiger partial charge in [-0.25, -0.2) is 0 Å². The van der Waals surface area contributed by atoms with Crippen LogP contribution < -0.4 is 5.73 Å². The van der Waals surface area contributed by atoms with Crippen molar-refractivity contribution in [3.63, 3.8) is 0 Å². The summed E-state index contributed by atoms with van der Waals surface area (Å²) in [5, 5.41) is 14.5. The van der Waals surface area contributed by atoms with Gasteiger partial charge in [-0.3, -0.25) is 9.48 Å². The molecular formula is C13H20N4O2S. The minimum Gasteiger partial charge on any atom is -0.397 e. The van der Waals surface area contributed by atoms with Crippen LogP contribution in [0.1, 0.15) is 29.2 Å². The molecule has 0 aliphatic carbocycles. The smallest absolute Gasteiger partial charge is 0.266 e. The van der Waals surface area contributed by atoms with Crippen LogP contribution in [0.3, 0.4) is 0 Å². The lowest BCUT2D eigenvalue weighted by molar-refractivity contribution is 0.0479. The van der Waals surface area contributed by atoms with E-state index in [0.29, 0.717) is 10.6 Å². The Hall–Kier alpha value is -1.60. The molecule has 0 aliphatic rings. The summed E-state index contributed by atoms with van der Waals surface area (Å²) in [6, 6.07) is 0. The maximum absolute atomic E-state index is 12.6. The highest BCUT2D eigenvalue weighted by Crippen LogP contribution is 2.36. The highest BCUT2D eigenvalue weighted by Gasteiger charge is 2.31. The molecule has 0 unspecified atom stereocenters. The average molecular weight is 296 g/mol. The third kappa shape index (κ3) is 2.06. The standard InChI is InChI=1S/C13H20N4O2S/c1-7-8-9(14)10(20-12(8)17(5)15-7)11(19)16(4)13(2,3)6-18/h18H,6,14H2,1-5H3. The van der Waals surface area contributed by atoms with Crippen molar-refractivity contribution in [1.82, 2.24) is 14.7 Å². The van der Waals surface area contributed by atoms with E-state index in [1.54, 1.807) is 25.6 Å². The maximum Gasteiger partial charge on any atom is 0.266 e. The van der Waals surface area contributed by atoms with Gasteiger partial charge in [0, 0.05) is 14.1 Å². The number of nitrogen functional groups attached to an aromatic ring is 1. The summed E-state index contributed by atoms with van der Waals surface area (Å²) in [5.41, 5.74) is 6.78. The molecule has 20 heavy (non-hydrogen) atoms. The molecule has 0 fully saturated rings. The molecule has 7 heteroatoms. The minimum atomic E-state index is -0.632. The average Bonchev–Trinajstić information content (AvgIpc) is 2.87. The number of carbonyl (C=O) groups excluding carboxylic acids is 1. The first-order chi connectivity index (χ1) is 9.20. The van der Waals surface area contributed by atoms with Crippen molar-refractivity contribution in [2.75, 3.05) is 19.4 Å². The van der Waals surface area contributed by atoms with Gasteiger partial charge in [-0.1, -0.05) is 0 Å². The summed E-state index contributed by atoms with van der Waals surface area (Å²) < 4.78 is 1.74. The molecule has 6 nitrogen and oxygen atoms in total. The van der Waals surface area contributed by atoms with Crippen LogP contribution >= 0.6 is 11.3 Å². The molecule has 0 saturated carbocycles. The zero-order valence-electron chi connectivity index (χ0n) is 12.4. The molecule has 0 bridgehead atoms. The van der Waals surface area contributed by atoms with E-state index < -0.39 is 5.54 Å². The van der Waals surface area contributed by atoms with Crippen LogP contribution in [0.15, 0.2) is 0 Å². The number of amides is 1. The first-order valence-electron chi connectivity index (χ1n) is 6.31. The second-order valence-electron chi connectivity index (χ2n) is 5.57. The molecule has 2 heterocycles. The first-order valence-corrected chi connectivity index (χ1v) is 7.13. The summed E-state index contributed by atoms with van der Waals surface area (Å²) in [4.78, 5) is 15.5. The van der Waals surface area contributed by atoms with Gasteiger partial charge in [-0.15, -0.1) is 11.3 Å². The molecule has 0 atom stereocenters. The van der Waals surface area contributed by atoms with Gasteiger partial charge in [0.1, 0.15) is 9.71 Å². The fourth-order valence-electron chi connectivity index (χ4n) is 2.02. The number of aryl methyl sites for hydroxylation is 2. The Morgan fingerprint density at radius 2 is 2.15 bits per heavy atom. The van der Waals surface area contributed by atoms with Crippen LogP contribution in [-0.4, -0.2) is 44.9 Å². The third-order valence-electron chi connectivity index (χ3n) is 3.68. The highest BCUT2D eigenvalue weighted by molar-refractivity contribution is 7.21. The lowest BCUT2D eigenvalue weighted by Gasteiger charge is -2.33. The number of hydrogen-bond acceptors (Lipinski definition) is 5. The molecule has 0 aliphatic heterocycles. The van der Waals surface area contributed by atoms with Gasteiger partial charge < -0.3 is 15.7 Å². The molecule has 0 aromatic carbocycles. The Kier molecular flexibility index (Phi) is 3.51. The van der Waals surface area contributed by atoms with E-state index in [9.17, 15) is 9.90 Å². The Balaban J connectivity index is 2.51. The minimum absolute atomic E-state index is 0.110. The third-order valence-corrected chi connectivity index (χ3v) is 4.94. The lowest BCUT2D eigenvalue weighted by Crippen LogP contribution is -2.47. The monoisotopic (exact) mass is 296 g/mol. The molecule has 2 aromatic heterocycles. The molecule has 0 radical (unpaired) electrons. The van der Waals surface area contributed by atoms with Crippen LogP contribution in [-0.2, 0) is 7.05 Å². The van der Waals surface area contributed by atoms with E-state index in [4.69, 9.17) is 5.73 Å². The number of fused-ring (bicyclic) bond motifs is 1. The van der Waals surface area contributed by atoms with Crippen molar-refractivity contribution >= 4 is 33.1 Å². The second-order valence-corrected chi connectivity index (χ2v) is 6.57. The Morgan fingerprint density at radius 1 is 1.55 bits per heavy atom. The molecule has 1 amide bonds. The topological polar surface area (TPSA) is 84.4 Å². The molecule has 3 N–H and O–H groups in total. The number of likely N-dealkylation sites (N-methyl/N-ethyl adjacent to an activating group) is 1. The van der Waals surface area contributed by atoms with Crippen molar-refractivity contribution in [3.8, 4) is 0 Å². The molecule has 0 saturated heterocycles. The number of aliphatic hydroxyl groups is 1. The number of carbonyl (C=O) groups is 1. The van der Waals surface area contributed by atoms with Gasteiger partial charge in [0.2, 0.25) is 0 Å². The zero-order chi connectivity index (χ0) is 15.2. The summed E-state index contributed by atoms with van der Waals surface area (Å²) in [7, 11) is 3.51. The summed E-state index contributed by atoms with van der Waals surface area (Å²) in [5.74, 6) is -0.179. The summed E-state index contributed by atoms with van der Waals surface area (Å²) in [6.07, 6.45) is 0. The number of anilines is 1. The molecule has 2 rings (SSSR count). The Morgan fingerprint density at radius 3 is 2.65 bits per heavy atom. The highest BCUT2D eigenvalue weighted by atomic mass is 32.1. The number of hydrogen-bond donors (Lipinski definition) is 2. The number of rotatable bonds is 3. The number of nitrogens with two attached hydrogens (primary N) is 1. The fourth-order valence-corrected chi connectivity index (χ4v) is 3.18. The van der Waals surface area contributed by atoms with Crippen molar-refractivity contribution in [1.29, 1.82) is 0 Å². The van der Waals surface area contributed by atoms with E-state index in [-0.39, 0.29) is 12.5 Å². The van der Waals surface area contributed by atoms with Crippen LogP contribution in [0.2, 0.25) is 0 Å². The van der Waals surface area contributed by atoms with Gasteiger partial charge >= 0.3 is 0 Å². The Labute approximate surface area is 121 Å². The SMILES string of the molecule is Cc1nn(C)c2sc(C(=O)N(C)C(C)(C)CO)c(N)c12. The number of aromatic nitrogens is 2. The van der Waals surface area contributed by atoms with Crippen molar-refractivity contribution in [2.24, 2.45) is 7.05 Å². The second kappa shape index (κ2) is 4.75. The number of nitrogens with zero attached hydrogens (tertiary/aromatic N) is 3. The maximum atomic E-state index is 12.6. The Bertz CT molecular complexity index is 672. The molecule has 110 valence electrons. The van der Waals surface area contributed by atoms with Crippen molar-refractivity contribution < 1.29 is 9.90 Å². The van der Waals surface area contributed by atoms with Gasteiger partial charge in [0.15, 0.2) is 0 Å². The number of aliphatic hydroxyl groups excluding tert-OH is 1. The zero-order valence-corrected chi connectivity index (χ0v) is 13.2. The molecule has 2 aromatic rings. The van der Waals surface area contributed by atoms with Gasteiger partial charge in [-0.05, 0) is 20.8 Å². The van der Waals surface area contributed by atoms with Crippen molar-refractivity contribution in [3.05, 3.63) is 10.6 Å². The van der Waals surface area contributed by atoms with E-state index >= 15 is 0 Å². The predicted octanol–water partition coefficient (Wildman–Crippen LogP) is 1.37.